The van der Waals surface area contributed by atoms with Gasteiger partial charge in [-0.25, -0.2) is 4.39 Å². The summed E-state index contributed by atoms with van der Waals surface area (Å²) in [6.45, 7) is 3.00. The van der Waals surface area contributed by atoms with E-state index in [1.54, 1.807) is 17.0 Å². The smallest absolute Gasteiger partial charge is 0.257 e. The maximum absolute atomic E-state index is 13.1. The number of carbonyl (C=O) groups excluding carboxylic acids is 2. The van der Waals surface area contributed by atoms with Gasteiger partial charge in [-0.3, -0.25) is 9.59 Å². The van der Waals surface area contributed by atoms with E-state index in [-0.39, 0.29) is 17.2 Å². The first-order valence-electron chi connectivity index (χ1n) is 7.45. The molecule has 0 aromatic heterocycles. The maximum atomic E-state index is 13.1. The zero-order valence-corrected chi connectivity index (χ0v) is 13.6. The molecule has 2 N–H and O–H groups in total. The second kappa shape index (κ2) is 6.23. The van der Waals surface area contributed by atoms with Gasteiger partial charge < -0.3 is 15.5 Å². The van der Waals surface area contributed by atoms with Crippen LogP contribution < -0.4 is 5.73 Å². The number of benzene rings is 1. The SMILES string of the molecule is CC1=C(C(N)=O)SC(N2CCCC2=O)N1Cc1ccc(F)cc1. The summed E-state index contributed by atoms with van der Waals surface area (Å²) in [5, 5.41) is 0. The Morgan fingerprint density at radius 3 is 2.65 bits per heavy atom. The molecule has 1 aromatic carbocycles. The predicted molar refractivity (Wildman–Crippen MR) is 86.2 cm³/mol. The van der Waals surface area contributed by atoms with Crippen LogP contribution in [0.4, 0.5) is 4.39 Å². The van der Waals surface area contributed by atoms with E-state index >= 15 is 0 Å². The van der Waals surface area contributed by atoms with Crippen molar-refractivity contribution in [1.29, 1.82) is 0 Å². The Labute approximate surface area is 138 Å². The first-order chi connectivity index (χ1) is 11.0. The highest BCUT2D eigenvalue weighted by molar-refractivity contribution is 8.04. The molecule has 0 radical (unpaired) electrons. The van der Waals surface area contributed by atoms with Gasteiger partial charge in [-0.1, -0.05) is 23.9 Å². The summed E-state index contributed by atoms with van der Waals surface area (Å²) in [6, 6.07) is 6.22. The van der Waals surface area contributed by atoms with Crippen molar-refractivity contribution in [1.82, 2.24) is 9.80 Å². The van der Waals surface area contributed by atoms with Crippen molar-refractivity contribution in [3.63, 3.8) is 0 Å². The minimum Gasteiger partial charge on any atom is -0.365 e. The summed E-state index contributed by atoms with van der Waals surface area (Å²) < 4.78 is 13.1. The van der Waals surface area contributed by atoms with E-state index in [1.807, 2.05) is 11.8 Å². The molecule has 0 saturated carbocycles. The van der Waals surface area contributed by atoms with Crippen LogP contribution in [0.15, 0.2) is 34.9 Å². The molecular formula is C16H18FN3O2S. The fraction of sp³-hybridized carbons (Fsp3) is 0.375. The first-order valence-corrected chi connectivity index (χ1v) is 8.33. The van der Waals surface area contributed by atoms with Crippen molar-refractivity contribution in [2.24, 2.45) is 5.73 Å². The lowest BCUT2D eigenvalue weighted by Gasteiger charge is -2.34. The maximum Gasteiger partial charge on any atom is 0.257 e. The van der Waals surface area contributed by atoms with Crippen LogP contribution in [-0.2, 0) is 16.1 Å². The summed E-state index contributed by atoms with van der Waals surface area (Å²) in [6.07, 6.45) is 1.36. The summed E-state index contributed by atoms with van der Waals surface area (Å²) >= 11 is 1.32. The number of halogens is 1. The number of nitrogens with zero attached hydrogens (tertiary/aromatic N) is 2. The highest BCUT2D eigenvalue weighted by Gasteiger charge is 2.40. The number of primary amides is 1. The molecule has 23 heavy (non-hydrogen) atoms. The van der Waals surface area contributed by atoms with E-state index in [0.717, 1.165) is 17.7 Å². The average molecular weight is 335 g/mol. The number of allylic oxidation sites excluding steroid dienone is 1. The van der Waals surface area contributed by atoms with Crippen molar-refractivity contribution in [2.45, 2.75) is 31.8 Å². The third-order valence-electron chi connectivity index (χ3n) is 4.12. The number of rotatable bonds is 4. The minimum atomic E-state index is -0.481. The Bertz CT molecular complexity index is 674. The van der Waals surface area contributed by atoms with Gasteiger partial charge in [0.2, 0.25) is 5.91 Å². The Kier molecular flexibility index (Phi) is 4.30. The van der Waals surface area contributed by atoms with Gasteiger partial charge in [0.1, 0.15) is 5.82 Å². The lowest BCUT2D eigenvalue weighted by Crippen LogP contribution is -2.43. The lowest BCUT2D eigenvalue weighted by atomic mass is 10.2. The molecular weight excluding hydrogens is 317 g/mol. The molecule has 1 fully saturated rings. The van der Waals surface area contributed by atoms with Gasteiger partial charge >= 0.3 is 0 Å². The third-order valence-corrected chi connectivity index (χ3v) is 5.57. The monoisotopic (exact) mass is 335 g/mol. The molecule has 3 rings (SSSR count). The number of amides is 2. The molecule has 0 aliphatic carbocycles. The number of hydrogen-bond acceptors (Lipinski definition) is 4. The van der Waals surface area contributed by atoms with Crippen LogP contribution in [0.25, 0.3) is 0 Å². The molecule has 2 aliphatic heterocycles. The molecule has 1 aromatic rings. The molecule has 122 valence electrons. The number of carbonyl (C=O) groups is 2. The number of nitrogens with two attached hydrogens (primary N) is 1. The van der Waals surface area contributed by atoms with E-state index in [2.05, 4.69) is 0 Å². The Balaban J connectivity index is 1.88. The standard InChI is InChI=1S/C16H18FN3O2S/c1-10-14(15(18)22)23-16(19-8-2-3-13(19)21)20(10)9-11-4-6-12(17)7-5-11/h4-7,16H,2-3,8-9H2,1H3,(H2,18,22). The molecule has 2 heterocycles. The van der Waals surface area contributed by atoms with Crippen LogP contribution in [0.3, 0.4) is 0 Å². The normalized spacial score (nSPS) is 21.5. The molecule has 0 bridgehead atoms. The van der Waals surface area contributed by atoms with Crippen LogP contribution in [0.1, 0.15) is 25.3 Å². The van der Waals surface area contributed by atoms with E-state index in [9.17, 15) is 14.0 Å². The van der Waals surface area contributed by atoms with E-state index in [4.69, 9.17) is 5.73 Å². The van der Waals surface area contributed by atoms with Crippen LogP contribution in [0, 0.1) is 5.82 Å². The molecule has 0 spiro atoms. The van der Waals surface area contributed by atoms with Crippen LogP contribution >= 0.6 is 11.8 Å². The van der Waals surface area contributed by atoms with Gasteiger partial charge in [0.25, 0.3) is 5.91 Å². The zero-order chi connectivity index (χ0) is 16.6. The topological polar surface area (TPSA) is 66.6 Å². The number of thioether (sulfide) groups is 1. The largest absolute Gasteiger partial charge is 0.365 e. The molecule has 1 saturated heterocycles. The van der Waals surface area contributed by atoms with Crippen molar-refractivity contribution >= 4 is 23.6 Å². The zero-order valence-electron chi connectivity index (χ0n) is 12.8. The number of hydrogen-bond donors (Lipinski definition) is 1. The van der Waals surface area contributed by atoms with Gasteiger partial charge in [-0.2, -0.15) is 0 Å². The van der Waals surface area contributed by atoms with Crippen LogP contribution in [-0.4, -0.2) is 33.7 Å². The van der Waals surface area contributed by atoms with Crippen LogP contribution in [0.5, 0.6) is 0 Å². The van der Waals surface area contributed by atoms with Gasteiger partial charge in [-0.15, -0.1) is 0 Å². The van der Waals surface area contributed by atoms with Gasteiger partial charge in [0, 0.05) is 25.2 Å². The fourth-order valence-electron chi connectivity index (χ4n) is 2.90. The fourth-order valence-corrected chi connectivity index (χ4v) is 4.23. The van der Waals surface area contributed by atoms with E-state index in [1.165, 1.54) is 23.9 Å². The summed E-state index contributed by atoms with van der Waals surface area (Å²) in [7, 11) is 0. The predicted octanol–water partition coefficient (Wildman–Crippen LogP) is 2.00. The Morgan fingerprint density at radius 2 is 2.09 bits per heavy atom. The van der Waals surface area contributed by atoms with Crippen molar-refractivity contribution in [2.75, 3.05) is 6.54 Å². The molecule has 1 unspecified atom stereocenters. The second-order valence-corrected chi connectivity index (χ2v) is 6.73. The molecule has 2 amide bonds. The van der Waals surface area contributed by atoms with Crippen molar-refractivity contribution in [3.8, 4) is 0 Å². The molecule has 2 aliphatic rings. The van der Waals surface area contributed by atoms with Crippen molar-refractivity contribution < 1.29 is 14.0 Å². The number of likely N-dealkylation sites (tertiary alicyclic amines) is 1. The third kappa shape index (κ3) is 3.06. The first kappa shape index (κ1) is 15.9. The Morgan fingerprint density at radius 1 is 1.39 bits per heavy atom. The lowest BCUT2D eigenvalue weighted by molar-refractivity contribution is -0.130. The summed E-state index contributed by atoms with van der Waals surface area (Å²) in [5.41, 5.74) is 6.87. The van der Waals surface area contributed by atoms with Gasteiger partial charge in [-0.05, 0) is 31.0 Å². The second-order valence-electron chi connectivity index (χ2n) is 5.67. The van der Waals surface area contributed by atoms with Crippen molar-refractivity contribution in [3.05, 3.63) is 46.2 Å². The quantitative estimate of drug-likeness (QED) is 0.914. The summed E-state index contributed by atoms with van der Waals surface area (Å²) in [5.74, 6) is -0.684. The van der Waals surface area contributed by atoms with Crippen LogP contribution in [0.2, 0.25) is 0 Å². The molecule has 5 nitrogen and oxygen atoms in total. The molecule has 1 atom stereocenters. The average Bonchev–Trinajstić information content (AvgIpc) is 3.06. The van der Waals surface area contributed by atoms with Gasteiger partial charge in [0.15, 0.2) is 5.50 Å². The minimum absolute atomic E-state index is 0.0881. The van der Waals surface area contributed by atoms with Gasteiger partial charge in [0.05, 0.1) is 4.91 Å². The van der Waals surface area contributed by atoms with E-state index in [0.29, 0.717) is 24.4 Å². The highest BCUT2D eigenvalue weighted by Crippen LogP contribution is 2.41. The van der Waals surface area contributed by atoms with E-state index < -0.39 is 5.91 Å². The summed E-state index contributed by atoms with van der Waals surface area (Å²) in [4.78, 5) is 28.0. The molecule has 7 heteroatoms. The Hall–Kier alpha value is -2.02. The highest BCUT2D eigenvalue weighted by atomic mass is 32.2.